The zero-order valence-electron chi connectivity index (χ0n) is 6.97. The highest BCUT2D eigenvalue weighted by Crippen LogP contribution is 2.08. The molecule has 0 spiro atoms. The van der Waals surface area contributed by atoms with Gasteiger partial charge in [0.1, 0.15) is 4.60 Å². The van der Waals surface area contributed by atoms with Crippen LogP contribution in [0.4, 0.5) is 0 Å². The third kappa shape index (κ3) is 2.41. The lowest BCUT2D eigenvalue weighted by Gasteiger charge is -2.00. The molecule has 0 aliphatic carbocycles. The van der Waals surface area contributed by atoms with Crippen molar-refractivity contribution in [2.24, 2.45) is 0 Å². The zero-order valence-corrected chi connectivity index (χ0v) is 8.56. The third-order valence-electron chi connectivity index (χ3n) is 1.52. The van der Waals surface area contributed by atoms with Gasteiger partial charge < -0.3 is 5.41 Å². The minimum Gasteiger partial charge on any atom is -0.303 e. The minimum absolute atomic E-state index is 0.610. The molecule has 1 aromatic rings. The van der Waals surface area contributed by atoms with Gasteiger partial charge in [0.05, 0.1) is 11.4 Å². The average Bonchev–Trinajstić information content (AvgIpc) is 2.05. The van der Waals surface area contributed by atoms with E-state index in [0.717, 1.165) is 23.1 Å². The number of aromatic nitrogens is 1. The van der Waals surface area contributed by atoms with Gasteiger partial charge in [-0.25, -0.2) is 4.98 Å². The number of halogens is 1. The van der Waals surface area contributed by atoms with E-state index in [9.17, 15) is 0 Å². The molecule has 64 valence electrons. The van der Waals surface area contributed by atoms with E-state index in [0.29, 0.717) is 5.71 Å². The summed E-state index contributed by atoms with van der Waals surface area (Å²) in [6.45, 7) is 2.06. The Morgan fingerprint density at radius 1 is 1.58 bits per heavy atom. The first kappa shape index (κ1) is 9.39. The first-order valence-electron chi connectivity index (χ1n) is 3.94. The molecule has 0 aliphatic rings. The molecular formula is C9H11BrN2. The predicted molar refractivity (Wildman–Crippen MR) is 53.7 cm³/mol. The molecule has 1 aromatic heterocycles. The summed E-state index contributed by atoms with van der Waals surface area (Å²) in [5, 5.41) is 7.64. The van der Waals surface area contributed by atoms with Crippen molar-refractivity contribution in [3.8, 4) is 0 Å². The second kappa shape index (κ2) is 4.36. The molecule has 0 unspecified atom stereocenters. The van der Waals surface area contributed by atoms with Gasteiger partial charge in [-0.1, -0.05) is 19.4 Å². The normalized spacial score (nSPS) is 9.83. The summed E-state index contributed by atoms with van der Waals surface area (Å²) in [5.74, 6) is 0. The van der Waals surface area contributed by atoms with Crippen LogP contribution in [0.3, 0.4) is 0 Å². The van der Waals surface area contributed by atoms with Gasteiger partial charge in [0, 0.05) is 0 Å². The number of hydrogen-bond acceptors (Lipinski definition) is 2. The van der Waals surface area contributed by atoms with E-state index in [1.165, 1.54) is 0 Å². The molecule has 0 amide bonds. The first-order valence-corrected chi connectivity index (χ1v) is 4.73. The van der Waals surface area contributed by atoms with Crippen LogP contribution in [0.2, 0.25) is 0 Å². The summed E-state index contributed by atoms with van der Waals surface area (Å²) < 4.78 is 0.792. The molecular weight excluding hydrogens is 216 g/mol. The Bertz CT molecular complexity index is 284. The van der Waals surface area contributed by atoms with E-state index in [4.69, 9.17) is 5.41 Å². The topological polar surface area (TPSA) is 36.7 Å². The summed E-state index contributed by atoms with van der Waals surface area (Å²) in [4.78, 5) is 4.18. The van der Waals surface area contributed by atoms with Gasteiger partial charge in [-0.2, -0.15) is 0 Å². The number of pyridine rings is 1. The summed E-state index contributed by atoms with van der Waals surface area (Å²) in [6, 6.07) is 5.63. The predicted octanol–water partition coefficient (Wildman–Crippen LogP) is 3.01. The largest absolute Gasteiger partial charge is 0.303 e. The second-order valence-corrected chi connectivity index (χ2v) is 3.39. The van der Waals surface area contributed by atoms with E-state index in [-0.39, 0.29) is 0 Å². The van der Waals surface area contributed by atoms with Crippen molar-refractivity contribution in [2.45, 2.75) is 19.8 Å². The number of nitrogens with zero attached hydrogens (tertiary/aromatic N) is 1. The van der Waals surface area contributed by atoms with Crippen molar-refractivity contribution < 1.29 is 0 Å². The van der Waals surface area contributed by atoms with Crippen molar-refractivity contribution in [3.05, 3.63) is 28.5 Å². The van der Waals surface area contributed by atoms with Crippen molar-refractivity contribution in [1.29, 1.82) is 5.41 Å². The fourth-order valence-electron chi connectivity index (χ4n) is 0.954. The summed E-state index contributed by atoms with van der Waals surface area (Å²) in [6.07, 6.45) is 1.79. The Morgan fingerprint density at radius 3 is 2.92 bits per heavy atom. The molecule has 0 aliphatic heterocycles. The summed E-state index contributed by atoms with van der Waals surface area (Å²) >= 11 is 3.27. The van der Waals surface area contributed by atoms with E-state index in [2.05, 4.69) is 27.8 Å². The highest BCUT2D eigenvalue weighted by Gasteiger charge is 2.00. The average molecular weight is 227 g/mol. The molecule has 0 bridgehead atoms. The molecule has 1 N–H and O–H groups in total. The van der Waals surface area contributed by atoms with Crippen LogP contribution in [0.1, 0.15) is 25.5 Å². The van der Waals surface area contributed by atoms with Crippen molar-refractivity contribution in [3.63, 3.8) is 0 Å². The van der Waals surface area contributed by atoms with Crippen LogP contribution < -0.4 is 0 Å². The Kier molecular flexibility index (Phi) is 3.41. The monoisotopic (exact) mass is 226 g/mol. The van der Waals surface area contributed by atoms with Gasteiger partial charge >= 0.3 is 0 Å². The molecule has 0 saturated heterocycles. The molecule has 3 heteroatoms. The lowest BCUT2D eigenvalue weighted by Crippen LogP contribution is -2.00. The maximum Gasteiger partial charge on any atom is 0.106 e. The van der Waals surface area contributed by atoms with Gasteiger partial charge in [0.25, 0.3) is 0 Å². The van der Waals surface area contributed by atoms with Crippen molar-refractivity contribution >= 4 is 21.6 Å². The van der Waals surface area contributed by atoms with E-state index < -0.39 is 0 Å². The lowest BCUT2D eigenvalue weighted by molar-refractivity contribution is 0.978. The molecule has 1 rings (SSSR count). The second-order valence-electron chi connectivity index (χ2n) is 2.57. The highest BCUT2D eigenvalue weighted by atomic mass is 79.9. The van der Waals surface area contributed by atoms with Crippen molar-refractivity contribution in [1.82, 2.24) is 4.98 Å². The number of hydrogen-bond donors (Lipinski definition) is 1. The van der Waals surface area contributed by atoms with Gasteiger partial charge in [0.15, 0.2) is 0 Å². The fraction of sp³-hybridized carbons (Fsp3) is 0.333. The maximum absolute atomic E-state index is 7.64. The highest BCUT2D eigenvalue weighted by molar-refractivity contribution is 9.10. The molecule has 0 aromatic carbocycles. The van der Waals surface area contributed by atoms with E-state index in [1.807, 2.05) is 18.2 Å². The Balaban J connectivity index is 2.81. The molecule has 2 nitrogen and oxygen atoms in total. The Hall–Kier alpha value is -0.700. The maximum atomic E-state index is 7.64. The van der Waals surface area contributed by atoms with Gasteiger partial charge in [-0.15, -0.1) is 0 Å². The van der Waals surface area contributed by atoms with Crippen LogP contribution in [0.25, 0.3) is 0 Å². The zero-order chi connectivity index (χ0) is 8.97. The third-order valence-corrected chi connectivity index (χ3v) is 1.97. The molecule has 0 radical (unpaired) electrons. The van der Waals surface area contributed by atoms with Crippen LogP contribution in [0, 0.1) is 5.41 Å². The SMILES string of the molecule is CCCC(=N)c1cccc(Br)n1. The molecule has 0 fully saturated rings. The van der Waals surface area contributed by atoms with Gasteiger partial charge in [0.2, 0.25) is 0 Å². The van der Waals surface area contributed by atoms with Crippen LogP contribution in [-0.2, 0) is 0 Å². The van der Waals surface area contributed by atoms with Gasteiger partial charge in [-0.05, 0) is 34.5 Å². The Morgan fingerprint density at radius 2 is 2.33 bits per heavy atom. The summed E-state index contributed by atoms with van der Waals surface area (Å²) in [7, 11) is 0. The van der Waals surface area contributed by atoms with Crippen LogP contribution >= 0.6 is 15.9 Å². The van der Waals surface area contributed by atoms with Gasteiger partial charge in [-0.3, -0.25) is 0 Å². The van der Waals surface area contributed by atoms with Crippen LogP contribution in [-0.4, -0.2) is 10.7 Å². The number of rotatable bonds is 3. The quantitative estimate of drug-likeness (QED) is 0.625. The van der Waals surface area contributed by atoms with Crippen LogP contribution in [0.15, 0.2) is 22.8 Å². The fourth-order valence-corrected chi connectivity index (χ4v) is 1.30. The standard InChI is InChI=1S/C9H11BrN2/c1-2-4-7(11)8-5-3-6-9(10)12-8/h3,5-6,11H,2,4H2,1H3. The number of nitrogens with one attached hydrogen (secondary N) is 1. The summed E-state index contributed by atoms with van der Waals surface area (Å²) in [5.41, 5.74) is 1.38. The van der Waals surface area contributed by atoms with Crippen LogP contribution in [0.5, 0.6) is 0 Å². The van der Waals surface area contributed by atoms with E-state index in [1.54, 1.807) is 0 Å². The molecule has 12 heavy (non-hydrogen) atoms. The van der Waals surface area contributed by atoms with Crippen molar-refractivity contribution in [2.75, 3.05) is 0 Å². The van der Waals surface area contributed by atoms with E-state index >= 15 is 0 Å². The lowest BCUT2D eigenvalue weighted by atomic mass is 10.1. The molecule has 0 atom stereocenters. The molecule has 1 heterocycles. The molecule has 0 saturated carbocycles. The smallest absolute Gasteiger partial charge is 0.106 e. The Labute approximate surface area is 80.7 Å². The first-order chi connectivity index (χ1) is 5.74. The minimum atomic E-state index is 0.610.